The molecule has 0 aliphatic heterocycles. The maximum absolute atomic E-state index is 12.1. The zero-order valence-electron chi connectivity index (χ0n) is 12.0. The number of hydrogen-bond donors (Lipinski definition) is 2. The predicted molar refractivity (Wildman–Crippen MR) is 93.4 cm³/mol. The maximum atomic E-state index is 12.1. The third kappa shape index (κ3) is 4.63. The lowest BCUT2D eigenvalue weighted by Crippen LogP contribution is -2.22. The Labute approximate surface area is 138 Å². The minimum atomic E-state index is -0.148. The molecule has 5 heteroatoms. The summed E-state index contributed by atoms with van der Waals surface area (Å²) in [5, 5.41) is 5.91. The number of anilines is 2. The van der Waals surface area contributed by atoms with Crippen molar-refractivity contribution < 1.29 is 9.53 Å². The van der Waals surface area contributed by atoms with Crippen molar-refractivity contribution in [1.82, 2.24) is 0 Å². The fourth-order valence-electron chi connectivity index (χ4n) is 1.82. The fraction of sp³-hybridized carbons (Fsp3) is 0.118. The molecule has 2 aromatic carbocycles. The van der Waals surface area contributed by atoms with E-state index >= 15 is 0 Å². The van der Waals surface area contributed by atoms with Crippen LogP contribution >= 0.6 is 15.9 Å². The molecule has 2 aromatic rings. The van der Waals surface area contributed by atoms with Gasteiger partial charge in [0.2, 0.25) is 5.91 Å². The highest BCUT2D eigenvalue weighted by Crippen LogP contribution is 2.24. The van der Waals surface area contributed by atoms with Crippen molar-refractivity contribution in [2.75, 3.05) is 23.8 Å². The first-order valence-electron chi connectivity index (χ1n) is 6.81. The molecule has 0 bridgehead atoms. The van der Waals surface area contributed by atoms with Crippen LogP contribution in [0.3, 0.4) is 0 Å². The fourth-order valence-corrected chi connectivity index (χ4v) is 2.24. The highest BCUT2D eigenvalue weighted by Gasteiger charge is 2.07. The van der Waals surface area contributed by atoms with Crippen LogP contribution in [0.2, 0.25) is 0 Å². The number of para-hydroxylation sites is 3. The molecule has 0 fully saturated rings. The first-order chi connectivity index (χ1) is 10.7. The Kier molecular flexibility index (Phi) is 6.03. The maximum Gasteiger partial charge on any atom is 0.243 e. The van der Waals surface area contributed by atoms with E-state index in [4.69, 9.17) is 4.74 Å². The molecule has 0 saturated heterocycles. The summed E-state index contributed by atoms with van der Waals surface area (Å²) in [7, 11) is 0. The molecule has 0 radical (unpaired) electrons. The average Bonchev–Trinajstić information content (AvgIpc) is 2.53. The number of carbonyl (C=O) groups excluding carboxylic acids is 1. The molecule has 0 aliphatic carbocycles. The molecule has 2 rings (SSSR count). The van der Waals surface area contributed by atoms with E-state index in [0.717, 1.165) is 10.2 Å². The summed E-state index contributed by atoms with van der Waals surface area (Å²) >= 11 is 3.43. The minimum absolute atomic E-state index is 0.148. The highest BCUT2D eigenvalue weighted by atomic mass is 79.9. The molecule has 22 heavy (non-hydrogen) atoms. The summed E-state index contributed by atoms with van der Waals surface area (Å²) in [6.07, 6.45) is 1.66. The van der Waals surface area contributed by atoms with Crippen molar-refractivity contribution in [2.45, 2.75) is 0 Å². The van der Waals surface area contributed by atoms with Crippen molar-refractivity contribution in [3.8, 4) is 5.75 Å². The number of carbonyl (C=O) groups is 1. The van der Waals surface area contributed by atoms with Crippen LogP contribution in [-0.4, -0.2) is 19.1 Å². The van der Waals surface area contributed by atoms with E-state index in [1.165, 1.54) is 0 Å². The topological polar surface area (TPSA) is 50.4 Å². The van der Waals surface area contributed by atoms with Crippen LogP contribution in [0.4, 0.5) is 11.4 Å². The monoisotopic (exact) mass is 360 g/mol. The summed E-state index contributed by atoms with van der Waals surface area (Å²) in [6.45, 7) is 4.17. The lowest BCUT2D eigenvalue weighted by atomic mass is 10.3. The van der Waals surface area contributed by atoms with Crippen molar-refractivity contribution in [1.29, 1.82) is 0 Å². The van der Waals surface area contributed by atoms with Crippen molar-refractivity contribution >= 4 is 33.2 Å². The molecule has 0 heterocycles. The van der Waals surface area contributed by atoms with Crippen LogP contribution in [0.1, 0.15) is 0 Å². The number of nitrogens with one attached hydrogen (secondary N) is 2. The highest BCUT2D eigenvalue weighted by molar-refractivity contribution is 9.10. The Morgan fingerprint density at radius 2 is 1.82 bits per heavy atom. The molecular weight excluding hydrogens is 344 g/mol. The van der Waals surface area contributed by atoms with Gasteiger partial charge in [-0.25, -0.2) is 0 Å². The second kappa shape index (κ2) is 8.24. The molecular formula is C17H17BrN2O2. The molecule has 0 saturated carbocycles. The number of hydrogen-bond acceptors (Lipinski definition) is 3. The van der Waals surface area contributed by atoms with Crippen LogP contribution < -0.4 is 15.4 Å². The van der Waals surface area contributed by atoms with E-state index in [2.05, 4.69) is 33.1 Å². The standard InChI is InChI=1S/C17H17BrN2O2/c1-2-11-22-16-10-6-5-9-15(16)20-17(21)12-19-14-8-4-3-7-13(14)18/h2-10,19H,1,11-12H2,(H,20,21). The minimum Gasteiger partial charge on any atom is -0.487 e. The summed E-state index contributed by atoms with van der Waals surface area (Å²) < 4.78 is 6.42. The summed E-state index contributed by atoms with van der Waals surface area (Å²) in [4.78, 5) is 12.1. The normalized spacial score (nSPS) is 9.86. The predicted octanol–water partition coefficient (Wildman–Crippen LogP) is 4.06. The zero-order valence-corrected chi connectivity index (χ0v) is 13.6. The van der Waals surface area contributed by atoms with Crippen LogP contribution in [0, 0.1) is 0 Å². The smallest absolute Gasteiger partial charge is 0.243 e. The van der Waals surface area contributed by atoms with Crippen LogP contribution in [0.25, 0.3) is 0 Å². The molecule has 114 valence electrons. The van der Waals surface area contributed by atoms with Crippen molar-refractivity contribution in [3.63, 3.8) is 0 Å². The number of amides is 1. The van der Waals surface area contributed by atoms with Gasteiger partial charge in [-0.2, -0.15) is 0 Å². The first-order valence-corrected chi connectivity index (χ1v) is 7.61. The van der Waals surface area contributed by atoms with Crippen LogP contribution in [0.5, 0.6) is 5.75 Å². The Morgan fingerprint density at radius 1 is 1.14 bits per heavy atom. The average molecular weight is 361 g/mol. The van der Waals surface area contributed by atoms with Crippen molar-refractivity contribution in [3.05, 3.63) is 65.7 Å². The van der Waals surface area contributed by atoms with Gasteiger partial charge in [-0.1, -0.05) is 36.9 Å². The third-order valence-electron chi connectivity index (χ3n) is 2.83. The SMILES string of the molecule is C=CCOc1ccccc1NC(=O)CNc1ccccc1Br. The van der Waals surface area contributed by atoms with Gasteiger partial charge >= 0.3 is 0 Å². The molecule has 0 aromatic heterocycles. The number of halogens is 1. The van der Waals surface area contributed by atoms with Gasteiger partial charge < -0.3 is 15.4 Å². The lowest BCUT2D eigenvalue weighted by molar-refractivity contribution is -0.114. The summed E-state index contributed by atoms with van der Waals surface area (Å²) in [5.74, 6) is 0.474. The van der Waals surface area contributed by atoms with Gasteiger partial charge in [-0.3, -0.25) is 4.79 Å². The summed E-state index contributed by atoms with van der Waals surface area (Å²) in [5.41, 5.74) is 1.51. The molecule has 0 spiro atoms. The van der Waals surface area contributed by atoms with Gasteiger partial charge in [0.15, 0.2) is 0 Å². The van der Waals surface area contributed by atoms with Gasteiger partial charge in [-0.05, 0) is 40.2 Å². The Balaban J connectivity index is 1.95. The Bertz CT molecular complexity index is 659. The first kappa shape index (κ1) is 16.1. The largest absolute Gasteiger partial charge is 0.487 e. The molecule has 2 N–H and O–H groups in total. The van der Waals surface area contributed by atoms with E-state index < -0.39 is 0 Å². The Hall–Kier alpha value is -2.27. The van der Waals surface area contributed by atoms with E-state index in [1.807, 2.05) is 36.4 Å². The van der Waals surface area contributed by atoms with Gasteiger partial charge in [0.25, 0.3) is 0 Å². The van der Waals surface area contributed by atoms with Gasteiger partial charge in [0.05, 0.1) is 12.2 Å². The molecule has 0 atom stereocenters. The van der Waals surface area contributed by atoms with Crippen LogP contribution in [0.15, 0.2) is 65.7 Å². The quantitative estimate of drug-likeness (QED) is 0.731. The van der Waals surface area contributed by atoms with Crippen molar-refractivity contribution in [2.24, 2.45) is 0 Å². The summed E-state index contributed by atoms with van der Waals surface area (Å²) in [6, 6.07) is 14.9. The zero-order chi connectivity index (χ0) is 15.8. The molecule has 1 amide bonds. The van der Waals surface area contributed by atoms with E-state index in [1.54, 1.807) is 18.2 Å². The second-order valence-electron chi connectivity index (χ2n) is 4.48. The van der Waals surface area contributed by atoms with Crippen LogP contribution in [-0.2, 0) is 4.79 Å². The van der Waals surface area contributed by atoms with Gasteiger partial charge in [0, 0.05) is 10.2 Å². The van der Waals surface area contributed by atoms with E-state index in [0.29, 0.717) is 18.0 Å². The van der Waals surface area contributed by atoms with Gasteiger partial charge in [-0.15, -0.1) is 0 Å². The Morgan fingerprint density at radius 3 is 2.55 bits per heavy atom. The number of ether oxygens (including phenoxy) is 1. The molecule has 0 aliphatic rings. The van der Waals surface area contributed by atoms with E-state index in [-0.39, 0.29) is 12.5 Å². The lowest BCUT2D eigenvalue weighted by Gasteiger charge is -2.12. The third-order valence-corrected chi connectivity index (χ3v) is 3.52. The molecule has 4 nitrogen and oxygen atoms in total. The molecule has 0 unspecified atom stereocenters. The van der Waals surface area contributed by atoms with Gasteiger partial charge in [0.1, 0.15) is 12.4 Å². The number of rotatable bonds is 7. The second-order valence-corrected chi connectivity index (χ2v) is 5.33. The number of benzene rings is 2. The van der Waals surface area contributed by atoms with E-state index in [9.17, 15) is 4.79 Å².